The second kappa shape index (κ2) is 7.27. The molecule has 3 aromatic rings. The minimum Gasteiger partial charge on any atom is -0.355 e. The predicted octanol–water partition coefficient (Wildman–Crippen LogP) is 5.44. The van der Waals surface area contributed by atoms with E-state index in [1.165, 1.54) is 0 Å². The second-order valence-corrected chi connectivity index (χ2v) is 5.91. The van der Waals surface area contributed by atoms with E-state index in [1.54, 1.807) is 0 Å². The van der Waals surface area contributed by atoms with Crippen LogP contribution >= 0.6 is 24.0 Å². The molecule has 0 unspecified atom stereocenters. The highest BCUT2D eigenvalue weighted by atomic mass is 127. The highest BCUT2D eigenvalue weighted by Crippen LogP contribution is 2.17. The van der Waals surface area contributed by atoms with E-state index in [9.17, 15) is 0 Å². The molecular weight excluding hydrogens is 437 g/mol. The SMILES string of the molecule is C1=Cc2cc3ccc(cc4ccc(cc5nc(cc1n2)C=C5)[nH]4)[nH]3.I.N. The standard InChI is InChI=1S/C20H14N4.HI.H3N/c1-2-14-10-16-5-6-18(23-16)12-20-8-7-19(24-20)11-17-4-3-15(22-17)9-13(1)21-14;;/h1-12,21-22H;1H;1H3. The number of nitrogens with one attached hydrogen (secondary N) is 2. The average Bonchev–Trinajstić information content (AvgIpc) is 3.32. The summed E-state index contributed by atoms with van der Waals surface area (Å²) < 4.78 is 0. The molecule has 0 aliphatic carbocycles. The molecule has 3 aromatic heterocycles. The number of fused-ring (bicyclic) bond motifs is 8. The van der Waals surface area contributed by atoms with Crippen LogP contribution in [0.1, 0.15) is 22.8 Å². The minimum atomic E-state index is 0. The Hall–Kier alpha value is -2.71. The van der Waals surface area contributed by atoms with Crippen molar-refractivity contribution >= 4 is 70.3 Å². The smallest absolute Gasteiger partial charge is 0.0659 e. The second-order valence-electron chi connectivity index (χ2n) is 5.91. The van der Waals surface area contributed by atoms with Crippen LogP contribution in [0.3, 0.4) is 0 Å². The summed E-state index contributed by atoms with van der Waals surface area (Å²) >= 11 is 0. The third-order valence-corrected chi connectivity index (χ3v) is 4.04. The Labute approximate surface area is 167 Å². The van der Waals surface area contributed by atoms with Gasteiger partial charge in [0.25, 0.3) is 0 Å². The maximum absolute atomic E-state index is 4.62. The number of aromatic nitrogens is 4. The Morgan fingerprint density at radius 3 is 1.27 bits per heavy atom. The number of hydrogen-bond donors (Lipinski definition) is 3. The Bertz CT molecular complexity index is 1080. The number of rotatable bonds is 0. The van der Waals surface area contributed by atoms with Gasteiger partial charge in [-0.2, -0.15) is 0 Å². The highest BCUT2D eigenvalue weighted by Gasteiger charge is 2.02. The summed E-state index contributed by atoms with van der Waals surface area (Å²) in [4.78, 5) is 16.0. The highest BCUT2D eigenvalue weighted by molar-refractivity contribution is 14.0. The van der Waals surface area contributed by atoms with Gasteiger partial charge in [0.2, 0.25) is 0 Å². The zero-order valence-electron chi connectivity index (χ0n) is 13.9. The van der Waals surface area contributed by atoms with Gasteiger partial charge < -0.3 is 16.1 Å². The Balaban J connectivity index is 0.000000980. The maximum Gasteiger partial charge on any atom is 0.0659 e. The van der Waals surface area contributed by atoms with Gasteiger partial charge in [-0.15, -0.1) is 24.0 Å². The zero-order valence-corrected chi connectivity index (χ0v) is 16.3. The van der Waals surface area contributed by atoms with Crippen molar-refractivity contribution in [3.8, 4) is 0 Å². The fourth-order valence-corrected chi connectivity index (χ4v) is 2.94. The number of nitrogens with zero attached hydrogens (tertiary/aromatic N) is 2. The first-order valence-corrected chi connectivity index (χ1v) is 7.85. The molecule has 0 spiro atoms. The molecule has 2 aliphatic rings. The van der Waals surface area contributed by atoms with Crippen molar-refractivity contribution in [2.75, 3.05) is 0 Å². The van der Waals surface area contributed by atoms with Crippen LogP contribution in [0.2, 0.25) is 0 Å². The number of H-pyrrole nitrogens is 2. The molecule has 0 radical (unpaired) electrons. The molecule has 0 fully saturated rings. The summed E-state index contributed by atoms with van der Waals surface area (Å²) in [5.41, 5.74) is 7.86. The predicted molar refractivity (Wildman–Crippen MR) is 119 cm³/mol. The molecule has 5 N–H and O–H groups in total. The molecule has 0 atom stereocenters. The van der Waals surface area contributed by atoms with Crippen LogP contribution in [0, 0.1) is 0 Å². The van der Waals surface area contributed by atoms with Gasteiger partial charge in [-0.1, -0.05) is 0 Å². The van der Waals surface area contributed by atoms with E-state index >= 15 is 0 Å². The molecule has 130 valence electrons. The number of halogens is 1. The first kappa shape index (κ1) is 18.1. The lowest BCUT2D eigenvalue weighted by Crippen LogP contribution is -1.77. The van der Waals surface area contributed by atoms with E-state index < -0.39 is 0 Å². The fraction of sp³-hybridized carbons (Fsp3) is 0. The molecule has 0 saturated heterocycles. The fourth-order valence-electron chi connectivity index (χ4n) is 2.94. The van der Waals surface area contributed by atoms with Gasteiger partial charge in [-0.3, -0.25) is 0 Å². The van der Waals surface area contributed by atoms with Crippen molar-refractivity contribution in [1.82, 2.24) is 26.1 Å². The molecule has 6 heteroatoms. The normalized spacial score (nSPS) is 11.7. The third-order valence-electron chi connectivity index (χ3n) is 4.04. The van der Waals surface area contributed by atoms with Gasteiger partial charge in [-0.25, -0.2) is 9.97 Å². The topological polar surface area (TPSA) is 92.4 Å². The molecule has 5 heterocycles. The van der Waals surface area contributed by atoms with Crippen LogP contribution in [-0.4, -0.2) is 19.9 Å². The molecule has 0 saturated carbocycles. The van der Waals surface area contributed by atoms with E-state index in [0.29, 0.717) is 0 Å². The Kier molecular flexibility index (Phi) is 5.06. The van der Waals surface area contributed by atoms with E-state index in [2.05, 4.69) is 50.3 Å². The number of aromatic amines is 2. The molecule has 26 heavy (non-hydrogen) atoms. The molecule has 0 aromatic carbocycles. The van der Waals surface area contributed by atoms with E-state index in [0.717, 1.165) is 44.8 Å². The Morgan fingerprint density at radius 1 is 0.500 bits per heavy atom. The lowest BCUT2D eigenvalue weighted by atomic mass is 10.3. The minimum absolute atomic E-state index is 0. The molecule has 0 amide bonds. The van der Waals surface area contributed by atoms with Crippen LogP contribution < -0.4 is 6.15 Å². The molecule has 2 aliphatic heterocycles. The first-order valence-electron chi connectivity index (χ1n) is 7.85. The summed E-state index contributed by atoms with van der Waals surface area (Å²) in [6, 6.07) is 16.4. The van der Waals surface area contributed by atoms with Crippen molar-refractivity contribution in [1.29, 1.82) is 0 Å². The van der Waals surface area contributed by atoms with E-state index in [-0.39, 0.29) is 30.1 Å². The summed E-state index contributed by atoms with van der Waals surface area (Å²) in [6.45, 7) is 0. The van der Waals surface area contributed by atoms with Crippen LogP contribution in [0.5, 0.6) is 0 Å². The maximum atomic E-state index is 4.62. The monoisotopic (exact) mass is 455 g/mol. The first-order chi connectivity index (χ1) is 11.8. The molecule has 5 rings (SSSR count). The number of hydrogen-bond acceptors (Lipinski definition) is 3. The van der Waals surface area contributed by atoms with E-state index in [4.69, 9.17) is 0 Å². The molecular formula is C20H18IN5. The quantitative estimate of drug-likeness (QED) is 0.272. The van der Waals surface area contributed by atoms with Gasteiger partial charge in [0.15, 0.2) is 0 Å². The summed E-state index contributed by atoms with van der Waals surface area (Å²) in [7, 11) is 0. The summed E-state index contributed by atoms with van der Waals surface area (Å²) in [5.74, 6) is 0. The lowest BCUT2D eigenvalue weighted by molar-refractivity contribution is 1.28. The van der Waals surface area contributed by atoms with Crippen LogP contribution in [0.25, 0.3) is 46.4 Å². The van der Waals surface area contributed by atoms with Crippen molar-refractivity contribution in [3.05, 3.63) is 71.3 Å². The third kappa shape index (κ3) is 3.61. The largest absolute Gasteiger partial charge is 0.355 e. The van der Waals surface area contributed by atoms with Crippen LogP contribution in [0.15, 0.2) is 48.5 Å². The summed E-state index contributed by atoms with van der Waals surface area (Å²) in [5, 5.41) is 0. The molecule has 5 nitrogen and oxygen atoms in total. The van der Waals surface area contributed by atoms with Gasteiger partial charge in [0, 0.05) is 22.1 Å². The lowest BCUT2D eigenvalue weighted by Gasteiger charge is -1.86. The molecule has 8 bridgehead atoms. The Morgan fingerprint density at radius 2 is 0.846 bits per heavy atom. The average molecular weight is 455 g/mol. The van der Waals surface area contributed by atoms with Crippen molar-refractivity contribution < 1.29 is 0 Å². The van der Waals surface area contributed by atoms with E-state index in [1.807, 2.05) is 42.5 Å². The van der Waals surface area contributed by atoms with Crippen LogP contribution in [0.4, 0.5) is 0 Å². The van der Waals surface area contributed by atoms with Gasteiger partial charge in [0.1, 0.15) is 0 Å². The van der Waals surface area contributed by atoms with Gasteiger partial charge in [-0.05, 0) is 72.8 Å². The van der Waals surface area contributed by atoms with Crippen molar-refractivity contribution in [2.24, 2.45) is 0 Å². The van der Waals surface area contributed by atoms with Gasteiger partial charge in [0.05, 0.1) is 22.8 Å². The van der Waals surface area contributed by atoms with Crippen molar-refractivity contribution in [3.63, 3.8) is 0 Å². The van der Waals surface area contributed by atoms with Crippen molar-refractivity contribution in [2.45, 2.75) is 0 Å². The van der Waals surface area contributed by atoms with Crippen LogP contribution in [-0.2, 0) is 0 Å². The zero-order chi connectivity index (χ0) is 15.9. The summed E-state index contributed by atoms with van der Waals surface area (Å²) in [6.07, 6.45) is 8.05. The van der Waals surface area contributed by atoms with Gasteiger partial charge >= 0.3 is 0 Å².